The van der Waals surface area contributed by atoms with Crippen LogP contribution in [-0.2, 0) is 0 Å². The van der Waals surface area contributed by atoms with Crippen LogP contribution in [0.2, 0.25) is 5.15 Å². The number of halogens is 1. The Bertz CT molecular complexity index is 697. The fourth-order valence-electron chi connectivity index (χ4n) is 2.12. The molecular weight excluding hydrogens is 244 g/mol. The number of benzene rings is 2. The molecule has 2 nitrogen and oxygen atoms in total. The van der Waals surface area contributed by atoms with Crippen LogP contribution in [0.25, 0.3) is 22.0 Å². The monoisotopic (exact) mass is 254 g/mol. The Morgan fingerprint density at radius 3 is 2.56 bits per heavy atom. The van der Waals surface area contributed by atoms with Crippen molar-refractivity contribution in [3.8, 4) is 11.3 Å². The van der Waals surface area contributed by atoms with E-state index < -0.39 is 0 Å². The van der Waals surface area contributed by atoms with Gasteiger partial charge in [0.15, 0.2) is 0 Å². The van der Waals surface area contributed by atoms with E-state index in [0.29, 0.717) is 11.0 Å². The lowest BCUT2D eigenvalue weighted by molar-refractivity contribution is 1.06. The van der Waals surface area contributed by atoms with Gasteiger partial charge in [0.1, 0.15) is 11.0 Å². The first-order valence-electron chi connectivity index (χ1n) is 5.73. The van der Waals surface area contributed by atoms with E-state index in [2.05, 4.69) is 34.2 Å². The summed E-state index contributed by atoms with van der Waals surface area (Å²) in [5.41, 5.74) is 1.95. The van der Waals surface area contributed by atoms with Crippen molar-refractivity contribution in [3.63, 3.8) is 0 Å². The second-order valence-corrected chi connectivity index (χ2v) is 4.54. The first-order valence-corrected chi connectivity index (χ1v) is 6.11. The molecule has 3 aromatic rings. The zero-order valence-electron chi connectivity index (χ0n) is 9.89. The van der Waals surface area contributed by atoms with Gasteiger partial charge in [-0.2, -0.15) is 0 Å². The average Bonchev–Trinajstić information content (AvgIpc) is 2.37. The van der Waals surface area contributed by atoms with Crippen molar-refractivity contribution in [3.05, 3.63) is 59.5 Å². The number of hydrogen-bond acceptors (Lipinski definition) is 2. The lowest BCUT2D eigenvalue weighted by Crippen LogP contribution is -1.92. The molecule has 1 aromatic heterocycles. The van der Waals surface area contributed by atoms with Gasteiger partial charge in [0, 0.05) is 11.6 Å². The summed E-state index contributed by atoms with van der Waals surface area (Å²) in [7, 11) is 0. The summed E-state index contributed by atoms with van der Waals surface area (Å²) in [4.78, 5) is 8.55. The Hall–Kier alpha value is -1.93. The summed E-state index contributed by atoms with van der Waals surface area (Å²) in [6.07, 6.45) is 0. The average molecular weight is 255 g/mol. The molecule has 0 saturated heterocycles. The number of aryl methyl sites for hydroxylation is 1. The van der Waals surface area contributed by atoms with Gasteiger partial charge in [-0.25, -0.2) is 9.97 Å². The fraction of sp³-hybridized carbons (Fsp3) is 0.0667. The molecular formula is C15H11ClN2. The third-order valence-corrected chi connectivity index (χ3v) is 3.07. The molecule has 0 aliphatic heterocycles. The van der Waals surface area contributed by atoms with Crippen molar-refractivity contribution >= 4 is 22.4 Å². The minimum atomic E-state index is 0.477. The highest BCUT2D eigenvalue weighted by molar-refractivity contribution is 6.29. The summed E-state index contributed by atoms with van der Waals surface area (Å²) < 4.78 is 0. The number of rotatable bonds is 1. The molecule has 0 spiro atoms. The van der Waals surface area contributed by atoms with Gasteiger partial charge in [-0.05, 0) is 17.7 Å². The van der Waals surface area contributed by atoms with Crippen LogP contribution in [0.1, 0.15) is 5.82 Å². The Morgan fingerprint density at radius 2 is 1.72 bits per heavy atom. The van der Waals surface area contributed by atoms with Crippen LogP contribution in [0.5, 0.6) is 0 Å². The molecule has 0 aliphatic carbocycles. The topological polar surface area (TPSA) is 25.8 Å². The van der Waals surface area contributed by atoms with E-state index in [1.54, 1.807) is 6.07 Å². The Kier molecular flexibility index (Phi) is 2.73. The first-order chi connectivity index (χ1) is 8.74. The van der Waals surface area contributed by atoms with Gasteiger partial charge in [0.25, 0.3) is 0 Å². The van der Waals surface area contributed by atoms with Gasteiger partial charge >= 0.3 is 0 Å². The highest BCUT2D eigenvalue weighted by Gasteiger charge is 2.06. The van der Waals surface area contributed by atoms with Crippen LogP contribution < -0.4 is 0 Å². The zero-order chi connectivity index (χ0) is 12.5. The quantitative estimate of drug-likeness (QED) is 0.607. The molecule has 2 aromatic carbocycles. The van der Waals surface area contributed by atoms with Crippen LogP contribution in [0.4, 0.5) is 0 Å². The van der Waals surface area contributed by atoms with Crippen LogP contribution in [0.3, 0.4) is 0 Å². The molecule has 0 unspecified atom stereocenters. The standard InChI is InChI=1S/C15H11ClN2/c1-10-17-14(9-15(16)18-10)13-8-4-6-11-5-2-3-7-12(11)13/h2-9H,1H3. The molecule has 88 valence electrons. The Morgan fingerprint density at radius 1 is 0.944 bits per heavy atom. The van der Waals surface area contributed by atoms with Gasteiger partial charge in [0.05, 0.1) is 5.69 Å². The van der Waals surface area contributed by atoms with E-state index in [9.17, 15) is 0 Å². The molecule has 3 heteroatoms. The maximum absolute atomic E-state index is 6.00. The molecule has 0 N–H and O–H groups in total. The smallest absolute Gasteiger partial charge is 0.133 e. The fourth-order valence-corrected chi connectivity index (χ4v) is 2.34. The Balaban J connectivity index is 2.31. The van der Waals surface area contributed by atoms with E-state index in [0.717, 1.165) is 11.3 Å². The molecule has 0 saturated carbocycles. The summed E-state index contributed by atoms with van der Waals surface area (Å²) in [6, 6.07) is 16.2. The van der Waals surface area contributed by atoms with Crippen molar-refractivity contribution in [2.75, 3.05) is 0 Å². The normalized spacial score (nSPS) is 10.8. The molecule has 18 heavy (non-hydrogen) atoms. The largest absolute Gasteiger partial charge is 0.233 e. The number of fused-ring (bicyclic) bond motifs is 1. The van der Waals surface area contributed by atoms with Gasteiger partial charge in [-0.1, -0.05) is 54.1 Å². The Labute approximate surface area is 110 Å². The molecule has 0 fully saturated rings. The third kappa shape index (κ3) is 1.95. The summed E-state index contributed by atoms with van der Waals surface area (Å²) >= 11 is 6.00. The lowest BCUT2D eigenvalue weighted by Gasteiger charge is -2.07. The second kappa shape index (κ2) is 4.39. The van der Waals surface area contributed by atoms with Gasteiger partial charge in [-0.15, -0.1) is 0 Å². The summed E-state index contributed by atoms with van der Waals surface area (Å²) in [5.74, 6) is 0.686. The van der Waals surface area contributed by atoms with E-state index >= 15 is 0 Å². The maximum atomic E-state index is 6.00. The molecule has 0 aliphatic rings. The van der Waals surface area contributed by atoms with Crippen molar-refractivity contribution in [2.24, 2.45) is 0 Å². The second-order valence-electron chi connectivity index (χ2n) is 4.15. The molecule has 1 heterocycles. The summed E-state index contributed by atoms with van der Waals surface area (Å²) in [6.45, 7) is 1.85. The molecule has 0 amide bonds. The maximum Gasteiger partial charge on any atom is 0.133 e. The summed E-state index contributed by atoms with van der Waals surface area (Å²) in [5, 5.41) is 2.85. The highest BCUT2D eigenvalue weighted by atomic mass is 35.5. The highest BCUT2D eigenvalue weighted by Crippen LogP contribution is 2.28. The number of nitrogens with zero attached hydrogens (tertiary/aromatic N) is 2. The van der Waals surface area contributed by atoms with Crippen molar-refractivity contribution in [1.82, 2.24) is 9.97 Å². The molecule has 3 rings (SSSR count). The molecule has 0 bridgehead atoms. The van der Waals surface area contributed by atoms with Crippen LogP contribution in [0, 0.1) is 6.92 Å². The van der Waals surface area contributed by atoms with E-state index in [-0.39, 0.29) is 0 Å². The van der Waals surface area contributed by atoms with Crippen LogP contribution >= 0.6 is 11.6 Å². The third-order valence-electron chi connectivity index (χ3n) is 2.87. The van der Waals surface area contributed by atoms with Crippen molar-refractivity contribution in [1.29, 1.82) is 0 Å². The SMILES string of the molecule is Cc1nc(Cl)cc(-c2cccc3ccccc23)n1. The van der Waals surface area contributed by atoms with Crippen LogP contribution in [-0.4, -0.2) is 9.97 Å². The van der Waals surface area contributed by atoms with Gasteiger partial charge < -0.3 is 0 Å². The number of hydrogen-bond donors (Lipinski definition) is 0. The van der Waals surface area contributed by atoms with Crippen molar-refractivity contribution < 1.29 is 0 Å². The minimum Gasteiger partial charge on any atom is -0.233 e. The van der Waals surface area contributed by atoms with E-state index in [1.807, 2.05) is 25.1 Å². The predicted molar refractivity (Wildman–Crippen MR) is 74.7 cm³/mol. The van der Waals surface area contributed by atoms with Crippen molar-refractivity contribution in [2.45, 2.75) is 6.92 Å². The van der Waals surface area contributed by atoms with Crippen LogP contribution in [0.15, 0.2) is 48.5 Å². The number of aromatic nitrogens is 2. The molecule has 0 atom stereocenters. The van der Waals surface area contributed by atoms with E-state index in [1.165, 1.54) is 10.8 Å². The lowest BCUT2D eigenvalue weighted by atomic mass is 10.0. The predicted octanol–water partition coefficient (Wildman–Crippen LogP) is 4.26. The van der Waals surface area contributed by atoms with Gasteiger partial charge in [0.2, 0.25) is 0 Å². The zero-order valence-corrected chi connectivity index (χ0v) is 10.6. The first kappa shape index (κ1) is 11.2. The molecule has 0 radical (unpaired) electrons. The van der Waals surface area contributed by atoms with E-state index in [4.69, 9.17) is 11.6 Å². The minimum absolute atomic E-state index is 0.477. The van der Waals surface area contributed by atoms with Gasteiger partial charge in [-0.3, -0.25) is 0 Å².